The maximum absolute atomic E-state index is 13.6. The summed E-state index contributed by atoms with van der Waals surface area (Å²) in [5.74, 6) is -0.0576. The third-order valence-corrected chi connectivity index (χ3v) is 5.93. The van der Waals surface area contributed by atoms with Crippen LogP contribution in [0.1, 0.15) is 41.3 Å². The van der Waals surface area contributed by atoms with Crippen molar-refractivity contribution in [1.82, 2.24) is 0 Å². The lowest BCUT2D eigenvalue weighted by atomic mass is 9.88. The Morgan fingerprint density at radius 3 is 1.93 bits per heavy atom. The van der Waals surface area contributed by atoms with Crippen LogP contribution in [-0.2, 0) is 4.79 Å². The lowest BCUT2D eigenvalue weighted by Gasteiger charge is -2.14. The molecule has 3 aromatic carbocycles. The second-order valence-corrected chi connectivity index (χ2v) is 8.25. The lowest BCUT2D eigenvalue weighted by molar-refractivity contribution is -0.111. The van der Waals surface area contributed by atoms with Crippen LogP contribution >= 0.6 is 15.9 Å². The van der Waals surface area contributed by atoms with Gasteiger partial charge in [0.2, 0.25) is 0 Å². The molecule has 0 aromatic heterocycles. The first-order chi connectivity index (χ1) is 14.6. The Bertz CT molecular complexity index is 1150. The number of hydrogen-bond acceptors (Lipinski definition) is 2. The lowest BCUT2D eigenvalue weighted by Crippen LogP contribution is -2.09. The SMILES string of the molecule is CC(=O)/C(=C1/CCC(c2ccccc2)=C1C(=O)c1ccccc1)c1ccc(Br)cc1. The van der Waals surface area contributed by atoms with Crippen molar-refractivity contribution >= 4 is 38.6 Å². The summed E-state index contributed by atoms with van der Waals surface area (Å²) >= 11 is 3.46. The average Bonchev–Trinajstić information content (AvgIpc) is 3.20. The van der Waals surface area contributed by atoms with Crippen LogP contribution in [0.5, 0.6) is 0 Å². The molecule has 0 saturated carbocycles. The number of allylic oxidation sites excluding steroid dienone is 4. The number of Topliss-reactive ketones (excluding diaryl/α,β-unsaturated/α-hetero) is 2. The molecule has 0 N–H and O–H groups in total. The number of halogens is 1. The van der Waals surface area contributed by atoms with E-state index in [0.717, 1.165) is 33.2 Å². The van der Waals surface area contributed by atoms with E-state index in [4.69, 9.17) is 0 Å². The molecule has 2 nitrogen and oxygen atoms in total. The summed E-state index contributed by atoms with van der Waals surface area (Å²) in [4.78, 5) is 26.4. The Morgan fingerprint density at radius 2 is 1.33 bits per heavy atom. The van der Waals surface area contributed by atoms with Gasteiger partial charge in [-0.25, -0.2) is 0 Å². The summed E-state index contributed by atoms with van der Waals surface area (Å²) in [6.45, 7) is 1.58. The van der Waals surface area contributed by atoms with Gasteiger partial charge in [0.05, 0.1) is 0 Å². The highest BCUT2D eigenvalue weighted by Gasteiger charge is 2.31. The summed E-state index contributed by atoms with van der Waals surface area (Å²) in [5.41, 5.74) is 5.67. The molecule has 3 heteroatoms. The van der Waals surface area contributed by atoms with E-state index in [1.54, 1.807) is 6.92 Å². The minimum Gasteiger partial charge on any atom is -0.294 e. The van der Waals surface area contributed by atoms with Gasteiger partial charge in [0.25, 0.3) is 0 Å². The number of benzene rings is 3. The first-order valence-electron chi connectivity index (χ1n) is 9.95. The number of carbonyl (C=O) groups is 2. The van der Waals surface area contributed by atoms with Crippen LogP contribution < -0.4 is 0 Å². The van der Waals surface area contributed by atoms with Gasteiger partial charge in [-0.15, -0.1) is 0 Å². The van der Waals surface area contributed by atoms with Crippen LogP contribution in [0.4, 0.5) is 0 Å². The summed E-state index contributed by atoms with van der Waals surface area (Å²) in [7, 11) is 0. The molecule has 0 saturated heterocycles. The zero-order valence-electron chi connectivity index (χ0n) is 16.7. The Morgan fingerprint density at radius 1 is 0.733 bits per heavy atom. The minimum atomic E-state index is -0.0298. The molecule has 0 unspecified atom stereocenters. The van der Waals surface area contributed by atoms with Crippen LogP contribution in [0, 0.1) is 0 Å². The van der Waals surface area contributed by atoms with Crippen molar-refractivity contribution in [1.29, 1.82) is 0 Å². The second-order valence-electron chi connectivity index (χ2n) is 7.33. The Labute approximate surface area is 185 Å². The third kappa shape index (κ3) is 3.99. The van der Waals surface area contributed by atoms with E-state index < -0.39 is 0 Å². The average molecular weight is 457 g/mol. The van der Waals surface area contributed by atoms with E-state index in [2.05, 4.69) is 15.9 Å². The number of hydrogen-bond donors (Lipinski definition) is 0. The van der Waals surface area contributed by atoms with Gasteiger partial charge in [-0.2, -0.15) is 0 Å². The minimum absolute atomic E-state index is 0.0278. The molecule has 1 aliphatic carbocycles. The van der Waals surface area contributed by atoms with Crippen molar-refractivity contribution in [3.63, 3.8) is 0 Å². The van der Waals surface area contributed by atoms with Gasteiger partial charge in [-0.05, 0) is 54.2 Å². The van der Waals surface area contributed by atoms with Gasteiger partial charge in [0, 0.05) is 21.2 Å². The predicted octanol–water partition coefficient (Wildman–Crippen LogP) is 6.92. The third-order valence-electron chi connectivity index (χ3n) is 5.40. The van der Waals surface area contributed by atoms with Crippen LogP contribution in [-0.4, -0.2) is 11.6 Å². The number of ketones is 2. The molecule has 0 heterocycles. The van der Waals surface area contributed by atoms with Gasteiger partial charge >= 0.3 is 0 Å². The van der Waals surface area contributed by atoms with E-state index >= 15 is 0 Å². The van der Waals surface area contributed by atoms with Crippen molar-refractivity contribution in [3.8, 4) is 0 Å². The highest BCUT2D eigenvalue weighted by molar-refractivity contribution is 9.10. The molecule has 30 heavy (non-hydrogen) atoms. The molecule has 148 valence electrons. The molecule has 1 aliphatic rings. The maximum Gasteiger partial charge on any atom is 0.193 e. The monoisotopic (exact) mass is 456 g/mol. The smallest absolute Gasteiger partial charge is 0.193 e. The van der Waals surface area contributed by atoms with Crippen molar-refractivity contribution in [2.24, 2.45) is 0 Å². The van der Waals surface area contributed by atoms with E-state index in [9.17, 15) is 9.59 Å². The predicted molar refractivity (Wildman–Crippen MR) is 125 cm³/mol. The molecule has 0 atom stereocenters. The van der Waals surface area contributed by atoms with Crippen LogP contribution in [0.3, 0.4) is 0 Å². The van der Waals surface area contributed by atoms with Gasteiger partial charge in [0.15, 0.2) is 11.6 Å². The topological polar surface area (TPSA) is 34.1 Å². The van der Waals surface area contributed by atoms with Crippen molar-refractivity contribution in [2.75, 3.05) is 0 Å². The van der Waals surface area contributed by atoms with E-state index in [0.29, 0.717) is 23.1 Å². The molecule has 3 aromatic rings. The number of rotatable bonds is 5. The second kappa shape index (κ2) is 8.76. The Kier molecular flexibility index (Phi) is 5.91. The maximum atomic E-state index is 13.6. The summed E-state index contributed by atoms with van der Waals surface area (Å²) in [6.07, 6.45) is 1.41. The molecule has 0 spiro atoms. The molecule has 0 bridgehead atoms. The molecule has 0 fully saturated rings. The van der Waals surface area contributed by atoms with Gasteiger partial charge in [-0.3, -0.25) is 9.59 Å². The number of carbonyl (C=O) groups excluding carboxylic acids is 2. The highest BCUT2D eigenvalue weighted by atomic mass is 79.9. The fourth-order valence-corrected chi connectivity index (χ4v) is 4.34. The Hall–Kier alpha value is -3.04. The fourth-order valence-electron chi connectivity index (χ4n) is 4.07. The van der Waals surface area contributed by atoms with Crippen LogP contribution in [0.15, 0.2) is 101 Å². The molecular formula is C27H21BrO2. The summed E-state index contributed by atoms with van der Waals surface area (Å²) in [5, 5.41) is 0. The zero-order chi connectivity index (χ0) is 21.1. The first-order valence-corrected chi connectivity index (χ1v) is 10.7. The molecular weight excluding hydrogens is 436 g/mol. The largest absolute Gasteiger partial charge is 0.294 e. The van der Waals surface area contributed by atoms with E-state index in [1.165, 1.54) is 0 Å². The fraction of sp³-hybridized carbons (Fsp3) is 0.111. The molecule has 0 amide bonds. The van der Waals surface area contributed by atoms with Gasteiger partial charge < -0.3 is 0 Å². The summed E-state index contributed by atoms with van der Waals surface area (Å²) < 4.78 is 0.951. The molecule has 0 radical (unpaired) electrons. The standard InChI is InChI=1S/C27H21BrO2/c1-18(29)25(20-12-14-22(28)15-13-20)24-17-16-23(19-8-4-2-5-9-19)26(24)27(30)21-10-6-3-7-11-21/h2-15H,16-17H2,1H3/b25-24+. The molecule has 0 aliphatic heterocycles. The van der Waals surface area contributed by atoms with Crippen LogP contribution in [0.25, 0.3) is 11.1 Å². The Balaban J connectivity index is 1.97. The summed E-state index contributed by atoms with van der Waals surface area (Å²) in [6, 6.07) is 27.0. The van der Waals surface area contributed by atoms with Crippen LogP contribution in [0.2, 0.25) is 0 Å². The highest BCUT2D eigenvalue weighted by Crippen LogP contribution is 2.43. The van der Waals surface area contributed by atoms with Crippen molar-refractivity contribution in [3.05, 3.63) is 117 Å². The van der Waals surface area contributed by atoms with Crippen molar-refractivity contribution < 1.29 is 9.59 Å². The first kappa shape index (κ1) is 20.2. The van der Waals surface area contributed by atoms with Gasteiger partial charge in [-0.1, -0.05) is 88.7 Å². The van der Waals surface area contributed by atoms with Gasteiger partial charge in [0.1, 0.15) is 0 Å². The zero-order valence-corrected chi connectivity index (χ0v) is 18.3. The van der Waals surface area contributed by atoms with E-state index in [-0.39, 0.29) is 11.6 Å². The molecule has 4 rings (SSSR count). The quantitative estimate of drug-likeness (QED) is 0.308. The normalized spacial score (nSPS) is 15.3. The van der Waals surface area contributed by atoms with E-state index in [1.807, 2.05) is 84.9 Å². The van der Waals surface area contributed by atoms with Crippen molar-refractivity contribution in [2.45, 2.75) is 19.8 Å².